The molecule has 0 radical (unpaired) electrons. The highest BCUT2D eigenvalue weighted by atomic mass is 79.9. The summed E-state index contributed by atoms with van der Waals surface area (Å²) in [7, 11) is 3.58. The molecule has 0 fully saturated rings. The van der Waals surface area contributed by atoms with Gasteiger partial charge in [-0.3, -0.25) is 5.43 Å². The van der Waals surface area contributed by atoms with Crippen LogP contribution in [0, 0.1) is 0 Å². The van der Waals surface area contributed by atoms with Gasteiger partial charge in [0.15, 0.2) is 0 Å². The van der Waals surface area contributed by atoms with Crippen molar-refractivity contribution < 1.29 is 4.74 Å². The van der Waals surface area contributed by atoms with Crippen molar-refractivity contribution in [2.45, 2.75) is 6.54 Å². The van der Waals surface area contributed by atoms with Crippen LogP contribution in [0.5, 0.6) is 0 Å². The smallest absolute Gasteiger partial charge is 0.208 e. The molecule has 0 atom stereocenters. The third kappa shape index (κ3) is 4.64. The average molecular weight is 315 g/mol. The Bertz CT molecular complexity index is 397. The summed E-state index contributed by atoms with van der Waals surface area (Å²) in [5.74, 6) is 6.11. The van der Waals surface area contributed by atoms with E-state index in [2.05, 4.69) is 32.4 Å². The van der Waals surface area contributed by atoms with Crippen molar-refractivity contribution in [1.82, 2.24) is 10.3 Å². The molecule has 0 aliphatic carbocycles. The number of rotatable bonds is 5. The second-order valence-corrected chi connectivity index (χ2v) is 4.64. The fraction of sp³-hybridized carbons (Fsp3) is 0.417. The normalized spacial score (nSPS) is 11.4. The molecule has 0 heterocycles. The molecule has 0 amide bonds. The lowest BCUT2D eigenvalue weighted by Gasteiger charge is -2.21. The Morgan fingerprint density at radius 2 is 2.22 bits per heavy atom. The third-order valence-electron chi connectivity index (χ3n) is 2.41. The van der Waals surface area contributed by atoms with Gasteiger partial charge in [-0.05, 0) is 11.6 Å². The van der Waals surface area contributed by atoms with Gasteiger partial charge >= 0.3 is 0 Å². The number of methoxy groups -OCH3 is 1. The summed E-state index contributed by atoms with van der Waals surface area (Å²) >= 11 is 3.52. The number of ether oxygens (including phenoxy) is 1. The first-order chi connectivity index (χ1) is 8.69. The lowest BCUT2D eigenvalue weighted by atomic mass is 10.2. The van der Waals surface area contributed by atoms with Crippen molar-refractivity contribution in [3.8, 4) is 0 Å². The quantitative estimate of drug-likeness (QED) is 0.283. The van der Waals surface area contributed by atoms with Crippen LogP contribution in [0.4, 0.5) is 0 Å². The number of nitrogens with zero attached hydrogens (tertiary/aromatic N) is 2. The fourth-order valence-corrected chi connectivity index (χ4v) is 1.89. The van der Waals surface area contributed by atoms with Gasteiger partial charge in [0, 0.05) is 25.2 Å². The van der Waals surface area contributed by atoms with Gasteiger partial charge < -0.3 is 9.64 Å². The van der Waals surface area contributed by atoms with E-state index in [4.69, 9.17) is 10.6 Å². The van der Waals surface area contributed by atoms with E-state index in [1.165, 1.54) is 5.56 Å². The summed E-state index contributed by atoms with van der Waals surface area (Å²) in [4.78, 5) is 6.28. The van der Waals surface area contributed by atoms with E-state index in [-0.39, 0.29) is 0 Å². The van der Waals surface area contributed by atoms with Crippen LogP contribution >= 0.6 is 15.9 Å². The van der Waals surface area contributed by atoms with E-state index in [0.29, 0.717) is 19.1 Å². The Balaban J connectivity index is 2.65. The van der Waals surface area contributed by atoms with Crippen LogP contribution in [0.1, 0.15) is 5.56 Å². The molecule has 1 aromatic carbocycles. The number of halogens is 1. The highest BCUT2D eigenvalue weighted by Gasteiger charge is 2.07. The molecule has 0 unspecified atom stereocenters. The Hall–Kier alpha value is -1.11. The largest absolute Gasteiger partial charge is 0.383 e. The molecule has 18 heavy (non-hydrogen) atoms. The first-order valence-corrected chi connectivity index (χ1v) is 6.43. The molecule has 5 nitrogen and oxygen atoms in total. The minimum absolute atomic E-state index is 0.577. The maximum Gasteiger partial charge on any atom is 0.208 e. The SMILES string of the molecule is COCCN=C(NN)N(C)Cc1ccccc1Br. The molecule has 0 aliphatic heterocycles. The van der Waals surface area contributed by atoms with Gasteiger partial charge in [-0.2, -0.15) is 0 Å². The summed E-state index contributed by atoms with van der Waals surface area (Å²) < 4.78 is 6.03. The molecule has 0 aliphatic rings. The van der Waals surface area contributed by atoms with Crippen molar-refractivity contribution in [1.29, 1.82) is 0 Å². The molecule has 0 bridgehead atoms. The minimum Gasteiger partial charge on any atom is -0.383 e. The lowest BCUT2D eigenvalue weighted by Crippen LogP contribution is -2.42. The molecule has 3 N–H and O–H groups in total. The number of nitrogens with two attached hydrogens (primary N) is 1. The highest BCUT2D eigenvalue weighted by Crippen LogP contribution is 2.17. The molecule has 1 rings (SSSR count). The summed E-state index contributed by atoms with van der Waals surface area (Å²) in [5.41, 5.74) is 3.78. The van der Waals surface area contributed by atoms with Crippen LogP contribution in [-0.2, 0) is 11.3 Å². The van der Waals surface area contributed by atoms with E-state index in [1.807, 2.05) is 30.1 Å². The average Bonchev–Trinajstić information content (AvgIpc) is 2.37. The third-order valence-corrected chi connectivity index (χ3v) is 3.19. The van der Waals surface area contributed by atoms with Gasteiger partial charge in [-0.1, -0.05) is 34.1 Å². The zero-order valence-electron chi connectivity index (χ0n) is 10.7. The summed E-state index contributed by atoms with van der Waals surface area (Å²) in [6.07, 6.45) is 0. The number of nitrogens with one attached hydrogen (secondary N) is 1. The Morgan fingerprint density at radius 1 is 1.50 bits per heavy atom. The molecule has 0 saturated heterocycles. The topological polar surface area (TPSA) is 62.9 Å². The van der Waals surface area contributed by atoms with E-state index in [9.17, 15) is 0 Å². The van der Waals surface area contributed by atoms with Crippen molar-refractivity contribution in [3.63, 3.8) is 0 Å². The van der Waals surface area contributed by atoms with E-state index < -0.39 is 0 Å². The lowest BCUT2D eigenvalue weighted by molar-refractivity contribution is 0.207. The number of aliphatic imine (C=N–C) groups is 1. The summed E-state index contributed by atoms with van der Waals surface area (Å²) in [6.45, 7) is 1.88. The van der Waals surface area contributed by atoms with Gasteiger partial charge in [0.1, 0.15) is 0 Å². The van der Waals surface area contributed by atoms with Gasteiger partial charge in [-0.25, -0.2) is 10.8 Å². The summed E-state index contributed by atoms with van der Waals surface area (Å²) in [5, 5.41) is 0. The first kappa shape index (κ1) is 14.9. The van der Waals surface area contributed by atoms with E-state index in [1.54, 1.807) is 7.11 Å². The number of hydrogen-bond donors (Lipinski definition) is 2. The van der Waals surface area contributed by atoms with Gasteiger partial charge in [0.25, 0.3) is 0 Å². The molecule has 0 aromatic heterocycles. The molecule has 0 spiro atoms. The first-order valence-electron chi connectivity index (χ1n) is 5.63. The highest BCUT2D eigenvalue weighted by molar-refractivity contribution is 9.10. The van der Waals surface area contributed by atoms with Crippen molar-refractivity contribution in [2.75, 3.05) is 27.3 Å². The maximum atomic E-state index is 5.47. The monoisotopic (exact) mass is 314 g/mol. The number of benzene rings is 1. The van der Waals surface area contributed by atoms with E-state index >= 15 is 0 Å². The maximum absolute atomic E-state index is 5.47. The number of hydrazine groups is 1. The standard InChI is InChI=1S/C12H19BrN4O/c1-17(12(16-14)15-7-8-18-2)9-10-5-3-4-6-11(10)13/h3-6H,7-9,14H2,1-2H3,(H,15,16). The Morgan fingerprint density at radius 3 is 2.83 bits per heavy atom. The van der Waals surface area contributed by atoms with Gasteiger partial charge in [0.05, 0.1) is 13.2 Å². The summed E-state index contributed by atoms with van der Waals surface area (Å²) in [6, 6.07) is 8.07. The van der Waals surface area contributed by atoms with Crippen LogP contribution in [-0.4, -0.2) is 38.2 Å². The fourth-order valence-electron chi connectivity index (χ4n) is 1.48. The van der Waals surface area contributed by atoms with Crippen LogP contribution < -0.4 is 11.3 Å². The van der Waals surface area contributed by atoms with Crippen LogP contribution in [0.15, 0.2) is 33.7 Å². The number of hydrogen-bond acceptors (Lipinski definition) is 3. The molecule has 0 saturated carbocycles. The van der Waals surface area contributed by atoms with Crippen molar-refractivity contribution >= 4 is 21.9 Å². The zero-order chi connectivity index (χ0) is 13.4. The Kier molecular flexibility index (Phi) is 6.70. The molecule has 100 valence electrons. The van der Waals surface area contributed by atoms with Gasteiger partial charge in [0.2, 0.25) is 5.96 Å². The van der Waals surface area contributed by atoms with Crippen LogP contribution in [0.25, 0.3) is 0 Å². The van der Waals surface area contributed by atoms with Crippen LogP contribution in [0.2, 0.25) is 0 Å². The van der Waals surface area contributed by atoms with Gasteiger partial charge in [-0.15, -0.1) is 0 Å². The van der Waals surface area contributed by atoms with E-state index in [0.717, 1.165) is 11.0 Å². The van der Waals surface area contributed by atoms with Crippen LogP contribution in [0.3, 0.4) is 0 Å². The molecular formula is C12H19BrN4O. The zero-order valence-corrected chi connectivity index (χ0v) is 12.3. The molecule has 6 heteroatoms. The number of guanidine groups is 1. The second kappa shape index (κ2) is 8.07. The van der Waals surface area contributed by atoms with Crippen molar-refractivity contribution in [3.05, 3.63) is 34.3 Å². The molecular weight excluding hydrogens is 296 g/mol. The van der Waals surface area contributed by atoms with Crippen molar-refractivity contribution in [2.24, 2.45) is 10.8 Å². The Labute approximate surface area is 116 Å². The molecule has 1 aromatic rings. The predicted octanol–water partition coefficient (Wildman–Crippen LogP) is 1.35. The second-order valence-electron chi connectivity index (χ2n) is 3.79. The predicted molar refractivity (Wildman–Crippen MR) is 77.1 cm³/mol. The minimum atomic E-state index is 0.577.